The van der Waals surface area contributed by atoms with E-state index in [0.29, 0.717) is 5.92 Å². The van der Waals surface area contributed by atoms with Crippen LogP contribution in [-0.4, -0.2) is 17.5 Å². The lowest BCUT2D eigenvalue weighted by Gasteiger charge is -2.17. The molecule has 1 aromatic rings. The maximum Gasteiger partial charge on any atom is 0.0147 e. The van der Waals surface area contributed by atoms with Crippen LogP contribution in [0.5, 0.6) is 0 Å². The third kappa shape index (κ3) is 5.38. The molecule has 0 spiro atoms. The van der Waals surface area contributed by atoms with Crippen LogP contribution in [0.4, 0.5) is 0 Å². The molecule has 0 saturated carbocycles. The molecule has 1 aromatic carbocycles. The van der Waals surface area contributed by atoms with Crippen molar-refractivity contribution in [3.63, 3.8) is 0 Å². The predicted molar refractivity (Wildman–Crippen MR) is 76.3 cm³/mol. The fourth-order valence-electron chi connectivity index (χ4n) is 1.84. The van der Waals surface area contributed by atoms with Crippen molar-refractivity contribution in [3.8, 4) is 0 Å². The molecule has 0 bridgehead atoms. The number of rotatable bonds is 8. The highest BCUT2D eigenvalue weighted by atomic mass is 35.5. The van der Waals surface area contributed by atoms with Crippen molar-refractivity contribution < 1.29 is 0 Å². The van der Waals surface area contributed by atoms with Crippen molar-refractivity contribution in [2.45, 2.75) is 32.1 Å². The zero-order chi connectivity index (χ0) is 12.5. The van der Waals surface area contributed by atoms with E-state index in [1.807, 2.05) is 16.6 Å². The van der Waals surface area contributed by atoms with Crippen LogP contribution in [0.3, 0.4) is 0 Å². The van der Waals surface area contributed by atoms with E-state index in [1.165, 1.54) is 12.0 Å². The van der Waals surface area contributed by atoms with Gasteiger partial charge in [0.05, 0.1) is 0 Å². The highest BCUT2D eigenvalue weighted by Crippen LogP contribution is 2.21. The van der Waals surface area contributed by atoms with E-state index < -0.39 is 0 Å². The third-order valence-electron chi connectivity index (χ3n) is 2.95. The minimum Gasteiger partial charge on any atom is -0.220 e. The van der Waals surface area contributed by atoms with Crippen molar-refractivity contribution in [2.75, 3.05) is 13.1 Å². The first-order chi connectivity index (χ1) is 8.27. The van der Waals surface area contributed by atoms with Crippen LogP contribution < -0.4 is 0 Å². The average molecular weight is 252 g/mol. The second kappa shape index (κ2) is 8.32. The Labute approximate surface area is 110 Å². The second-order valence-electron chi connectivity index (χ2n) is 4.30. The van der Waals surface area contributed by atoms with Gasteiger partial charge in [-0.2, -0.15) is 0 Å². The summed E-state index contributed by atoms with van der Waals surface area (Å²) in [6, 6.07) is 10.5. The topological polar surface area (TPSA) is 3.24 Å². The summed E-state index contributed by atoms with van der Waals surface area (Å²) in [4.78, 5) is 0. The zero-order valence-electron chi connectivity index (χ0n) is 10.6. The molecule has 0 fully saturated rings. The summed E-state index contributed by atoms with van der Waals surface area (Å²) in [6.45, 7) is 7.98. The van der Waals surface area contributed by atoms with Gasteiger partial charge in [0, 0.05) is 19.0 Å². The van der Waals surface area contributed by atoms with Crippen molar-refractivity contribution >= 4 is 11.8 Å². The van der Waals surface area contributed by atoms with Gasteiger partial charge in [0.25, 0.3) is 0 Å². The Balaban J connectivity index is 2.40. The van der Waals surface area contributed by atoms with Gasteiger partial charge in [-0.1, -0.05) is 49.8 Å². The standard InChI is InChI=1S/C15H22ClN/c1-3-5-12-17(16)13-11-14(4-2)15-9-7-6-8-10-15/h4,6-10,14H,2-3,5,11-13H2,1H3. The minimum absolute atomic E-state index is 0.402. The number of benzene rings is 1. The van der Waals surface area contributed by atoms with Gasteiger partial charge in [-0.05, 0) is 30.2 Å². The van der Waals surface area contributed by atoms with Crippen LogP contribution in [-0.2, 0) is 0 Å². The Morgan fingerprint density at radius 3 is 2.59 bits per heavy atom. The summed E-state index contributed by atoms with van der Waals surface area (Å²) in [5, 5.41) is 0. The SMILES string of the molecule is C=CC(CCN(Cl)CCCC)c1ccccc1. The van der Waals surface area contributed by atoms with Crippen LogP contribution in [0.2, 0.25) is 0 Å². The summed E-state index contributed by atoms with van der Waals surface area (Å²) in [5.74, 6) is 0.402. The lowest BCUT2D eigenvalue weighted by molar-refractivity contribution is 0.424. The van der Waals surface area contributed by atoms with Crippen molar-refractivity contribution in [1.82, 2.24) is 4.42 Å². The van der Waals surface area contributed by atoms with E-state index in [-0.39, 0.29) is 0 Å². The van der Waals surface area contributed by atoms with Gasteiger partial charge in [-0.25, -0.2) is 4.42 Å². The Morgan fingerprint density at radius 2 is 2.00 bits per heavy atom. The molecule has 0 aliphatic carbocycles. The smallest absolute Gasteiger partial charge is 0.0147 e. The molecule has 0 N–H and O–H groups in total. The first kappa shape index (κ1) is 14.3. The van der Waals surface area contributed by atoms with E-state index in [4.69, 9.17) is 11.8 Å². The molecule has 0 aliphatic rings. The van der Waals surface area contributed by atoms with Crippen molar-refractivity contribution in [3.05, 3.63) is 48.6 Å². The van der Waals surface area contributed by atoms with Crippen molar-refractivity contribution in [2.24, 2.45) is 0 Å². The van der Waals surface area contributed by atoms with Crippen LogP contribution in [0, 0.1) is 0 Å². The average Bonchev–Trinajstić information content (AvgIpc) is 2.38. The van der Waals surface area contributed by atoms with E-state index in [2.05, 4.69) is 37.8 Å². The van der Waals surface area contributed by atoms with Crippen LogP contribution in [0.25, 0.3) is 0 Å². The zero-order valence-corrected chi connectivity index (χ0v) is 11.4. The van der Waals surface area contributed by atoms with Crippen LogP contribution in [0.1, 0.15) is 37.7 Å². The largest absolute Gasteiger partial charge is 0.220 e. The molecule has 0 radical (unpaired) electrons. The monoisotopic (exact) mass is 251 g/mol. The van der Waals surface area contributed by atoms with E-state index in [0.717, 1.165) is 25.9 Å². The van der Waals surface area contributed by atoms with Gasteiger partial charge >= 0.3 is 0 Å². The molecule has 0 aromatic heterocycles. The molecule has 1 atom stereocenters. The van der Waals surface area contributed by atoms with E-state index in [9.17, 15) is 0 Å². The number of unbranched alkanes of at least 4 members (excludes halogenated alkanes) is 1. The molecule has 0 amide bonds. The van der Waals surface area contributed by atoms with Gasteiger partial charge in [-0.3, -0.25) is 0 Å². The molecule has 17 heavy (non-hydrogen) atoms. The molecular weight excluding hydrogens is 230 g/mol. The Morgan fingerprint density at radius 1 is 1.29 bits per heavy atom. The van der Waals surface area contributed by atoms with Crippen LogP contribution in [0.15, 0.2) is 43.0 Å². The lowest BCUT2D eigenvalue weighted by atomic mass is 9.96. The molecule has 1 rings (SSSR count). The Bertz CT molecular complexity index is 310. The molecular formula is C15H22ClN. The van der Waals surface area contributed by atoms with E-state index >= 15 is 0 Å². The minimum atomic E-state index is 0.402. The van der Waals surface area contributed by atoms with Gasteiger partial charge < -0.3 is 0 Å². The molecule has 1 unspecified atom stereocenters. The highest BCUT2D eigenvalue weighted by Gasteiger charge is 2.09. The maximum atomic E-state index is 6.15. The fraction of sp³-hybridized carbons (Fsp3) is 0.467. The maximum absolute atomic E-state index is 6.15. The summed E-state index contributed by atoms with van der Waals surface area (Å²) in [6.07, 6.45) is 5.39. The summed E-state index contributed by atoms with van der Waals surface area (Å²) < 4.78 is 1.89. The molecule has 94 valence electrons. The molecule has 0 heterocycles. The molecule has 2 heteroatoms. The number of halogens is 1. The first-order valence-electron chi connectivity index (χ1n) is 6.36. The fourth-order valence-corrected chi connectivity index (χ4v) is 2.06. The van der Waals surface area contributed by atoms with Gasteiger partial charge in [0.2, 0.25) is 0 Å². The lowest BCUT2D eigenvalue weighted by Crippen LogP contribution is -2.16. The Kier molecular flexibility index (Phi) is 6.99. The third-order valence-corrected chi connectivity index (χ3v) is 3.29. The molecule has 0 saturated heterocycles. The van der Waals surface area contributed by atoms with Crippen molar-refractivity contribution in [1.29, 1.82) is 0 Å². The number of allylic oxidation sites excluding steroid dienone is 1. The number of hydrogen-bond donors (Lipinski definition) is 0. The highest BCUT2D eigenvalue weighted by molar-refractivity contribution is 6.13. The predicted octanol–water partition coefficient (Wildman–Crippen LogP) is 4.60. The summed E-state index contributed by atoms with van der Waals surface area (Å²) >= 11 is 6.15. The van der Waals surface area contributed by atoms with E-state index in [1.54, 1.807) is 0 Å². The number of nitrogens with zero attached hydrogens (tertiary/aromatic N) is 1. The number of hydrogen-bond acceptors (Lipinski definition) is 1. The summed E-state index contributed by atoms with van der Waals surface area (Å²) in [5.41, 5.74) is 1.32. The second-order valence-corrected chi connectivity index (χ2v) is 4.78. The van der Waals surface area contributed by atoms with Crippen LogP contribution >= 0.6 is 11.8 Å². The van der Waals surface area contributed by atoms with Gasteiger partial charge in [0.1, 0.15) is 0 Å². The van der Waals surface area contributed by atoms with Gasteiger partial charge in [0.15, 0.2) is 0 Å². The normalized spacial score (nSPS) is 12.6. The first-order valence-corrected chi connectivity index (χ1v) is 6.70. The van der Waals surface area contributed by atoms with Gasteiger partial charge in [-0.15, -0.1) is 6.58 Å². The molecule has 0 aliphatic heterocycles. The Hall–Kier alpha value is -0.790. The molecule has 1 nitrogen and oxygen atoms in total. The summed E-state index contributed by atoms with van der Waals surface area (Å²) in [7, 11) is 0. The quantitative estimate of drug-likeness (QED) is 0.482.